The molecule has 1 aromatic heterocycles. The molecule has 0 bridgehead atoms. The molecule has 0 aromatic carbocycles. The van der Waals surface area contributed by atoms with Crippen LogP contribution in [0.3, 0.4) is 0 Å². The van der Waals surface area contributed by atoms with Gasteiger partial charge in [-0.3, -0.25) is 0 Å². The Labute approximate surface area is 108 Å². The number of nitrogens with two attached hydrogens (primary N) is 1. The number of nitrogens with zero attached hydrogens (tertiary/aromatic N) is 2. The van der Waals surface area contributed by atoms with Crippen molar-refractivity contribution in [1.82, 2.24) is 4.98 Å². The van der Waals surface area contributed by atoms with Gasteiger partial charge in [0.15, 0.2) is 0 Å². The van der Waals surface area contributed by atoms with E-state index in [-0.39, 0.29) is 0 Å². The summed E-state index contributed by atoms with van der Waals surface area (Å²) >= 11 is 4.29. The lowest BCUT2D eigenvalue weighted by molar-refractivity contribution is 0.0610. The lowest BCUT2D eigenvalue weighted by Crippen LogP contribution is -2.56. The summed E-state index contributed by atoms with van der Waals surface area (Å²) in [6.45, 7) is 2.16. The maximum absolute atomic E-state index is 6.15. The third kappa shape index (κ3) is 1.93. The van der Waals surface area contributed by atoms with Gasteiger partial charge < -0.3 is 10.6 Å². The van der Waals surface area contributed by atoms with Crippen molar-refractivity contribution in [3.8, 4) is 0 Å². The summed E-state index contributed by atoms with van der Waals surface area (Å²) in [7, 11) is 0. The van der Waals surface area contributed by atoms with Gasteiger partial charge in [-0.25, -0.2) is 4.98 Å². The maximum atomic E-state index is 6.15. The van der Waals surface area contributed by atoms with E-state index in [0.29, 0.717) is 11.5 Å². The SMILES string of the molecule is NC1CCC12CCN(c1cccc(S)n1)CC2. The summed E-state index contributed by atoms with van der Waals surface area (Å²) < 4.78 is 0. The molecule has 3 nitrogen and oxygen atoms in total. The van der Waals surface area contributed by atoms with E-state index in [0.717, 1.165) is 23.9 Å². The van der Waals surface area contributed by atoms with E-state index in [2.05, 4.69) is 28.6 Å². The molecular formula is C13H19N3S. The number of piperidine rings is 1. The molecule has 3 rings (SSSR count). The zero-order valence-electron chi connectivity index (χ0n) is 9.97. The van der Waals surface area contributed by atoms with Crippen LogP contribution in [0.1, 0.15) is 25.7 Å². The Morgan fingerprint density at radius 2 is 2.06 bits per heavy atom. The van der Waals surface area contributed by atoms with Crippen LogP contribution >= 0.6 is 12.6 Å². The van der Waals surface area contributed by atoms with Crippen LogP contribution < -0.4 is 10.6 Å². The highest BCUT2D eigenvalue weighted by molar-refractivity contribution is 7.80. The zero-order valence-corrected chi connectivity index (χ0v) is 10.9. The van der Waals surface area contributed by atoms with Gasteiger partial charge in [0.2, 0.25) is 0 Å². The van der Waals surface area contributed by atoms with Crippen molar-refractivity contribution in [2.45, 2.75) is 36.8 Å². The van der Waals surface area contributed by atoms with E-state index in [1.807, 2.05) is 12.1 Å². The Morgan fingerprint density at radius 3 is 2.59 bits per heavy atom. The molecule has 1 atom stereocenters. The summed E-state index contributed by atoms with van der Waals surface area (Å²) in [5.74, 6) is 1.06. The first-order valence-corrected chi connectivity index (χ1v) is 6.81. The normalized spacial score (nSPS) is 26.9. The predicted molar refractivity (Wildman–Crippen MR) is 72.6 cm³/mol. The standard InChI is InChI=1S/C13H19N3S/c14-10-4-5-13(10)6-8-16(9-7-13)11-2-1-3-12(17)15-11/h1-3,10H,4-9,14H2,(H,15,17). The molecule has 1 saturated heterocycles. The topological polar surface area (TPSA) is 42.1 Å². The minimum absolute atomic E-state index is 0.439. The first-order valence-electron chi connectivity index (χ1n) is 6.36. The van der Waals surface area contributed by atoms with Crippen LogP contribution in [0.15, 0.2) is 23.2 Å². The van der Waals surface area contributed by atoms with Gasteiger partial charge in [-0.15, -0.1) is 12.6 Å². The number of hydrogen-bond acceptors (Lipinski definition) is 4. The fourth-order valence-electron chi connectivity index (χ4n) is 3.11. The third-order valence-corrected chi connectivity index (χ3v) is 4.79. The van der Waals surface area contributed by atoms with Crippen LogP contribution in [0.5, 0.6) is 0 Å². The van der Waals surface area contributed by atoms with Crippen LogP contribution in [-0.2, 0) is 0 Å². The van der Waals surface area contributed by atoms with Gasteiger partial charge in [-0.1, -0.05) is 6.07 Å². The van der Waals surface area contributed by atoms with Crippen LogP contribution in [0.4, 0.5) is 5.82 Å². The molecule has 92 valence electrons. The molecule has 2 N–H and O–H groups in total. The van der Waals surface area contributed by atoms with E-state index in [1.165, 1.54) is 25.7 Å². The van der Waals surface area contributed by atoms with Gasteiger partial charge in [-0.05, 0) is 43.2 Å². The van der Waals surface area contributed by atoms with Crippen LogP contribution in [-0.4, -0.2) is 24.1 Å². The fourth-order valence-corrected chi connectivity index (χ4v) is 3.30. The number of anilines is 1. The zero-order chi connectivity index (χ0) is 11.9. The second-order valence-corrected chi connectivity index (χ2v) is 5.81. The van der Waals surface area contributed by atoms with Crippen molar-refractivity contribution in [3.05, 3.63) is 18.2 Å². The van der Waals surface area contributed by atoms with Gasteiger partial charge in [-0.2, -0.15) is 0 Å². The first kappa shape index (κ1) is 11.4. The minimum Gasteiger partial charge on any atom is -0.357 e. The first-order chi connectivity index (χ1) is 8.20. The number of hydrogen-bond donors (Lipinski definition) is 2. The largest absolute Gasteiger partial charge is 0.357 e. The van der Waals surface area contributed by atoms with E-state index < -0.39 is 0 Å². The molecule has 4 heteroatoms. The molecular weight excluding hydrogens is 230 g/mol. The second kappa shape index (κ2) is 4.18. The smallest absolute Gasteiger partial charge is 0.129 e. The monoisotopic (exact) mass is 249 g/mol. The molecule has 2 heterocycles. The van der Waals surface area contributed by atoms with Gasteiger partial charge in [0.1, 0.15) is 5.82 Å². The summed E-state index contributed by atoms with van der Waals surface area (Å²) in [5.41, 5.74) is 6.60. The van der Waals surface area contributed by atoms with Gasteiger partial charge >= 0.3 is 0 Å². The average Bonchev–Trinajstić information content (AvgIpc) is 2.37. The molecule has 2 fully saturated rings. The minimum atomic E-state index is 0.439. The second-order valence-electron chi connectivity index (χ2n) is 5.35. The third-order valence-electron chi connectivity index (χ3n) is 4.54. The Bertz CT molecular complexity index is 413. The van der Waals surface area contributed by atoms with Crippen LogP contribution in [0.25, 0.3) is 0 Å². The Balaban J connectivity index is 1.69. The molecule has 1 unspecified atom stereocenters. The molecule has 1 spiro atoms. The van der Waals surface area contributed by atoms with Crippen molar-refractivity contribution in [2.75, 3.05) is 18.0 Å². The van der Waals surface area contributed by atoms with Crippen LogP contribution in [0.2, 0.25) is 0 Å². The van der Waals surface area contributed by atoms with Crippen molar-refractivity contribution in [2.24, 2.45) is 11.1 Å². The predicted octanol–water partition coefficient (Wildman–Crippen LogP) is 2.08. The highest BCUT2D eigenvalue weighted by atomic mass is 32.1. The highest BCUT2D eigenvalue weighted by Gasteiger charge is 2.46. The number of rotatable bonds is 1. The summed E-state index contributed by atoms with van der Waals surface area (Å²) in [6.07, 6.45) is 4.96. The molecule has 0 amide bonds. The number of pyridine rings is 1. The van der Waals surface area contributed by atoms with Gasteiger partial charge in [0.05, 0.1) is 5.03 Å². The summed E-state index contributed by atoms with van der Waals surface area (Å²) in [4.78, 5) is 6.82. The van der Waals surface area contributed by atoms with Gasteiger partial charge in [0, 0.05) is 19.1 Å². The average molecular weight is 249 g/mol. The van der Waals surface area contributed by atoms with E-state index >= 15 is 0 Å². The molecule has 2 aliphatic rings. The highest BCUT2D eigenvalue weighted by Crippen LogP contribution is 2.48. The summed E-state index contributed by atoms with van der Waals surface area (Å²) in [5, 5.41) is 0.795. The lowest BCUT2D eigenvalue weighted by atomic mass is 9.60. The van der Waals surface area contributed by atoms with Crippen molar-refractivity contribution in [3.63, 3.8) is 0 Å². The van der Waals surface area contributed by atoms with E-state index in [4.69, 9.17) is 5.73 Å². The Kier molecular flexibility index (Phi) is 2.79. The lowest BCUT2D eigenvalue weighted by Gasteiger charge is -2.52. The Morgan fingerprint density at radius 1 is 1.29 bits per heavy atom. The maximum Gasteiger partial charge on any atom is 0.129 e. The van der Waals surface area contributed by atoms with Crippen molar-refractivity contribution in [1.29, 1.82) is 0 Å². The molecule has 0 radical (unpaired) electrons. The van der Waals surface area contributed by atoms with Crippen molar-refractivity contribution >= 4 is 18.4 Å². The van der Waals surface area contributed by atoms with E-state index in [9.17, 15) is 0 Å². The molecule has 1 saturated carbocycles. The van der Waals surface area contributed by atoms with Crippen LogP contribution in [0, 0.1) is 5.41 Å². The van der Waals surface area contributed by atoms with E-state index in [1.54, 1.807) is 0 Å². The Hall–Kier alpha value is -0.740. The summed E-state index contributed by atoms with van der Waals surface area (Å²) in [6, 6.07) is 6.44. The molecule has 17 heavy (non-hydrogen) atoms. The fraction of sp³-hybridized carbons (Fsp3) is 0.615. The van der Waals surface area contributed by atoms with Crippen molar-refractivity contribution < 1.29 is 0 Å². The molecule has 1 aliphatic heterocycles. The molecule has 1 aliphatic carbocycles. The number of thiol groups is 1. The van der Waals surface area contributed by atoms with Gasteiger partial charge in [0.25, 0.3) is 0 Å². The molecule has 1 aromatic rings. The quantitative estimate of drug-likeness (QED) is 0.749. The number of aromatic nitrogens is 1.